The molecule has 5 heteroatoms. The molecule has 0 saturated carbocycles. The summed E-state index contributed by atoms with van der Waals surface area (Å²) in [7, 11) is 0. The Morgan fingerprint density at radius 2 is 2.12 bits per heavy atom. The van der Waals surface area contributed by atoms with E-state index in [1.165, 1.54) is 6.92 Å². The van der Waals surface area contributed by atoms with Crippen LogP contribution in [0, 0.1) is 35.8 Å². The second-order valence-corrected chi connectivity index (χ2v) is 3.66. The molecule has 0 saturated heterocycles. The van der Waals surface area contributed by atoms with Crippen LogP contribution in [-0.2, 0) is 4.79 Å². The summed E-state index contributed by atoms with van der Waals surface area (Å²) in [6.45, 7) is 3.09. The molecule has 1 aromatic rings. The second-order valence-electron chi connectivity index (χ2n) is 3.66. The standard InChI is InChI=1S/C12H12F2N2O/c1-3-8(6-15)12(17)16-11-5-9(13)7(2)4-10(11)14/h4-5,8H,3H2,1-2H3,(H,16,17). The van der Waals surface area contributed by atoms with Crippen LogP contribution >= 0.6 is 0 Å². The molecular formula is C12H12F2N2O. The number of hydrogen-bond acceptors (Lipinski definition) is 2. The molecule has 1 atom stereocenters. The van der Waals surface area contributed by atoms with E-state index in [1.54, 1.807) is 13.0 Å². The number of aryl methyl sites for hydroxylation is 1. The van der Waals surface area contributed by atoms with Crippen molar-refractivity contribution in [2.45, 2.75) is 20.3 Å². The van der Waals surface area contributed by atoms with E-state index >= 15 is 0 Å². The third-order valence-electron chi connectivity index (χ3n) is 2.39. The molecule has 1 unspecified atom stereocenters. The van der Waals surface area contributed by atoms with E-state index < -0.39 is 23.5 Å². The summed E-state index contributed by atoms with van der Waals surface area (Å²) in [6.07, 6.45) is 0.318. The van der Waals surface area contributed by atoms with Crippen LogP contribution in [0.5, 0.6) is 0 Å². The van der Waals surface area contributed by atoms with E-state index in [2.05, 4.69) is 5.32 Å². The fourth-order valence-corrected chi connectivity index (χ4v) is 1.30. The predicted octanol–water partition coefficient (Wildman–Crippen LogP) is 2.76. The van der Waals surface area contributed by atoms with Gasteiger partial charge in [0, 0.05) is 6.07 Å². The van der Waals surface area contributed by atoms with Crippen molar-refractivity contribution in [2.75, 3.05) is 5.32 Å². The SMILES string of the molecule is CCC(C#N)C(=O)Nc1cc(F)c(C)cc1F. The summed E-state index contributed by atoms with van der Waals surface area (Å²) in [5.41, 5.74) is -0.0837. The highest BCUT2D eigenvalue weighted by Gasteiger charge is 2.17. The normalized spacial score (nSPS) is 11.7. The Labute approximate surface area is 98.1 Å². The number of nitriles is 1. The van der Waals surface area contributed by atoms with Crippen molar-refractivity contribution in [3.63, 3.8) is 0 Å². The van der Waals surface area contributed by atoms with E-state index in [0.29, 0.717) is 6.42 Å². The van der Waals surface area contributed by atoms with Crippen LogP contribution < -0.4 is 5.32 Å². The van der Waals surface area contributed by atoms with Gasteiger partial charge in [0.25, 0.3) is 0 Å². The van der Waals surface area contributed by atoms with Gasteiger partial charge in [-0.2, -0.15) is 5.26 Å². The molecule has 17 heavy (non-hydrogen) atoms. The molecule has 0 radical (unpaired) electrons. The van der Waals surface area contributed by atoms with Gasteiger partial charge in [0.05, 0.1) is 11.8 Å². The van der Waals surface area contributed by atoms with Crippen molar-refractivity contribution in [1.29, 1.82) is 5.26 Å². The number of nitrogens with zero attached hydrogens (tertiary/aromatic N) is 1. The van der Waals surface area contributed by atoms with E-state index in [9.17, 15) is 13.6 Å². The first-order chi connectivity index (χ1) is 7.99. The molecule has 3 nitrogen and oxygen atoms in total. The Hall–Kier alpha value is -1.96. The summed E-state index contributed by atoms with van der Waals surface area (Å²) in [4.78, 5) is 11.5. The third kappa shape index (κ3) is 3.00. The van der Waals surface area contributed by atoms with Crippen molar-refractivity contribution in [2.24, 2.45) is 5.92 Å². The molecule has 0 bridgehead atoms. The molecule has 1 amide bonds. The number of benzene rings is 1. The monoisotopic (exact) mass is 238 g/mol. The molecule has 0 aliphatic rings. The number of carbonyl (C=O) groups is 1. The lowest BCUT2D eigenvalue weighted by Gasteiger charge is -2.10. The fourth-order valence-electron chi connectivity index (χ4n) is 1.30. The molecule has 0 aliphatic heterocycles. The van der Waals surface area contributed by atoms with Gasteiger partial charge in [-0.15, -0.1) is 0 Å². The van der Waals surface area contributed by atoms with Gasteiger partial charge in [-0.05, 0) is 25.0 Å². The van der Waals surface area contributed by atoms with Crippen LogP contribution in [0.1, 0.15) is 18.9 Å². The van der Waals surface area contributed by atoms with Crippen molar-refractivity contribution in [1.82, 2.24) is 0 Å². The number of anilines is 1. The van der Waals surface area contributed by atoms with Crippen molar-refractivity contribution < 1.29 is 13.6 Å². The van der Waals surface area contributed by atoms with Gasteiger partial charge >= 0.3 is 0 Å². The molecule has 1 aromatic carbocycles. The van der Waals surface area contributed by atoms with Crippen LogP contribution in [-0.4, -0.2) is 5.91 Å². The van der Waals surface area contributed by atoms with Gasteiger partial charge in [-0.1, -0.05) is 6.92 Å². The minimum absolute atomic E-state index is 0.160. The lowest BCUT2D eigenvalue weighted by atomic mass is 10.1. The summed E-state index contributed by atoms with van der Waals surface area (Å²) in [5, 5.41) is 10.9. The van der Waals surface area contributed by atoms with Gasteiger partial charge in [-0.25, -0.2) is 8.78 Å². The maximum atomic E-state index is 13.4. The lowest BCUT2D eigenvalue weighted by molar-refractivity contribution is -0.118. The van der Waals surface area contributed by atoms with Crippen molar-refractivity contribution in [3.05, 3.63) is 29.3 Å². The molecule has 1 rings (SSSR count). The van der Waals surface area contributed by atoms with Gasteiger partial charge in [0.2, 0.25) is 5.91 Å². The van der Waals surface area contributed by atoms with E-state index in [0.717, 1.165) is 12.1 Å². The highest BCUT2D eigenvalue weighted by molar-refractivity contribution is 5.94. The van der Waals surface area contributed by atoms with Crippen molar-refractivity contribution >= 4 is 11.6 Å². The fraction of sp³-hybridized carbons (Fsp3) is 0.333. The number of halogens is 2. The number of carbonyl (C=O) groups excluding carboxylic acids is 1. The zero-order valence-electron chi connectivity index (χ0n) is 9.55. The molecule has 0 aliphatic carbocycles. The van der Waals surface area contributed by atoms with Gasteiger partial charge in [-0.3, -0.25) is 4.79 Å². The minimum Gasteiger partial charge on any atom is -0.322 e. The average molecular weight is 238 g/mol. The molecule has 1 N–H and O–H groups in total. The van der Waals surface area contributed by atoms with E-state index in [4.69, 9.17) is 5.26 Å². The Morgan fingerprint density at radius 3 is 2.65 bits per heavy atom. The van der Waals surface area contributed by atoms with Crippen LogP contribution in [0.2, 0.25) is 0 Å². The van der Waals surface area contributed by atoms with Gasteiger partial charge < -0.3 is 5.32 Å². The Kier molecular flexibility index (Phi) is 4.16. The Bertz CT molecular complexity index is 480. The molecule has 0 fully saturated rings. The first kappa shape index (κ1) is 13.1. The van der Waals surface area contributed by atoms with Crippen LogP contribution in [0.3, 0.4) is 0 Å². The van der Waals surface area contributed by atoms with E-state index in [-0.39, 0.29) is 11.3 Å². The second kappa shape index (κ2) is 5.39. The quantitative estimate of drug-likeness (QED) is 0.880. The number of nitrogens with one attached hydrogen (secondary N) is 1. The van der Waals surface area contributed by atoms with Crippen LogP contribution in [0.15, 0.2) is 12.1 Å². The highest BCUT2D eigenvalue weighted by atomic mass is 19.1. The smallest absolute Gasteiger partial charge is 0.241 e. The maximum Gasteiger partial charge on any atom is 0.241 e. The number of amides is 1. The topological polar surface area (TPSA) is 52.9 Å². The van der Waals surface area contributed by atoms with Gasteiger partial charge in [0.1, 0.15) is 17.6 Å². The minimum atomic E-state index is -0.862. The van der Waals surface area contributed by atoms with Crippen LogP contribution in [0.4, 0.5) is 14.5 Å². The molecule has 90 valence electrons. The zero-order chi connectivity index (χ0) is 13.0. The van der Waals surface area contributed by atoms with E-state index in [1.807, 2.05) is 0 Å². The molecule has 0 heterocycles. The Balaban J connectivity index is 2.93. The molecule has 0 aromatic heterocycles. The average Bonchev–Trinajstić information content (AvgIpc) is 2.27. The molecular weight excluding hydrogens is 226 g/mol. The summed E-state index contributed by atoms with van der Waals surface area (Å²) in [6, 6.07) is 3.70. The number of rotatable bonds is 3. The first-order valence-corrected chi connectivity index (χ1v) is 5.15. The lowest BCUT2D eigenvalue weighted by Crippen LogP contribution is -2.21. The molecule has 0 spiro atoms. The summed E-state index contributed by atoms with van der Waals surface area (Å²) in [5.74, 6) is -2.81. The largest absolute Gasteiger partial charge is 0.322 e. The summed E-state index contributed by atoms with van der Waals surface area (Å²) < 4.78 is 26.6. The third-order valence-corrected chi connectivity index (χ3v) is 2.39. The van der Waals surface area contributed by atoms with Gasteiger partial charge in [0.15, 0.2) is 0 Å². The van der Waals surface area contributed by atoms with Crippen molar-refractivity contribution in [3.8, 4) is 6.07 Å². The maximum absolute atomic E-state index is 13.4. The first-order valence-electron chi connectivity index (χ1n) is 5.15. The Morgan fingerprint density at radius 1 is 1.47 bits per heavy atom. The number of hydrogen-bond donors (Lipinski definition) is 1. The van der Waals surface area contributed by atoms with Crippen LogP contribution in [0.25, 0.3) is 0 Å². The summed E-state index contributed by atoms with van der Waals surface area (Å²) >= 11 is 0. The highest BCUT2D eigenvalue weighted by Crippen LogP contribution is 2.19. The zero-order valence-corrected chi connectivity index (χ0v) is 9.55. The predicted molar refractivity (Wildman–Crippen MR) is 59.1 cm³/mol.